The van der Waals surface area contributed by atoms with Crippen LogP contribution in [-0.4, -0.2) is 58.5 Å². The predicted molar refractivity (Wildman–Crippen MR) is 73.4 cm³/mol. The minimum Gasteiger partial charge on any atom is -0.396 e. The number of aliphatic hydroxyl groups is 1. The van der Waals surface area contributed by atoms with Crippen molar-refractivity contribution in [3.05, 3.63) is 12.4 Å². The van der Waals surface area contributed by atoms with Gasteiger partial charge in [-0.2, -0.15) is 5.10 Å². The van der Waals surface area contributed by atoms with Gasteiger partial charge in [-0.15, -0.1) is 0 Å². The van der Waals surface area contributed by atoms with Crippen molar-refractivity contribution < 1.29 is 9.90 Å². The van der Waals surface area contributed by atoms with Crippen molar-refractivity contribution in [3.8, 4) is 0 Å². The molecule has 1 unspecified atom stereocenters. The third-order valence-corrected chi connectivity index (χ3v) is 2.71. The molecule has 1 atom stereocenters. The van der Waals surface area contributed by atoms with Gasteiger partial charge in [-0.3, -0.25) is 14.4 Å². The molecule has 7 nitrogen and oxygen atoms in total. The van der Waals surface area contributed by atoms with E-state index in [0.29, 0.717) is 25.3 Å². The van der Waals surface area contributed by atoms with Crippen LogP contribution in [0.5, 0.6) is 0 Å². The third kappa shape index (κ3) is 5.71. The lowest BCUT2D eigenvalue weighted by Gasteiger charge is -2.23. The first kappa shape index (κ1) is 15.5. The van der Waals surface area contributed by atoms with E-state index in [4.69, 9.17) is 5.73 Å². The van der Waals surface area contributed by atoms with Crippen molar-refractivity contribution in [1.82, 2.24) is 20.0 Å². The van der Waals surface area contributed by atoms with Crippen LogP contribution in [0.1, 0.15) is 13.3 Å². The normalized spacial score (nSPS) is 12.6. The molecule has 1 amide bonds. The van der Waals surface area contributed by atoms with Crippen LogP contribution < -0.4 is 11.1 Å². The Morgan fingerprint density at radius 3 is 2.95 bits per heavy atom. The Morgan fingerprint density at radius 1 is 1.68 bits per heavy atom. The molecule has 0 aliphatic rings. The number of rotatable bonds is 8. The molecule has 0 aromatic carbocycles. The second-order valence-electron chi connectivity index (χ2n) is 4.56. The standard InChI is InChI=1S/C12H23N5O2/c1-3-4-16(9-12(19)14-2)7-11(18)8-17-6-10(13)5-15-17/h5-6,11,18H,3-4,7-9,13H2,1-2H3,(H,14,19). The van der Waals surface area contributed by atoms with Crippen molar-refractivity contribution in [1.29, 1.82) is 0 Å². The van der Waals surface area contributed by atoms with Crippen LogP contribution in [0.4, 0.5) is 5.69 Å². The van der Waals surface area contributed by atoms with Gasteiger partial charge in [0.05, 0.1) is 31.1 Å². The van der Waals surface area contributed by atoms with E-state index in [0.717, 1.165) is 13.0 Å². The van der Waals surface area contributed by atoms with Crippen molar-refractivity contribution in [2.75, 3.05) is 32.4 Å². The molecular formula is C12H23N5O2. The molecule has 19 heavy (non-hydrogen) atoms. The van der Waals surface area contributed by atoms with Crippen molar-refractivity contribution in [2.45, 2.75) is 26.0 Å². The van der Waals surface area contributed by atoms with E-state index in [2.05, 4.69) is 10.4 Å². The molecule has 0 saturated heterocycles. The Bertz CT molecular complexity index is 393. The van der Waals surface area contributed by atoms with Crippen LogP contribution in [0.15, 0.2) is 12.4 Å². The van der Waals surface area contributed by atoms with E-state index in [-0.39, 0.29) is 5.91 Å². The third-order valence-electron chi connectivity index (χ3n) is 2.71. The molecular weight excluding hydrogens is 246 g/mol. The van der Waals surface area contributed by atoms with Gasteiger partial charge in [0, 0.05) is 19.8 Å². The van der Waals surface area contributed by atoms with Gasteiger partial charge in [0.15, 0.2) is 0 Å². The molecule has 0 bridgehead atoms. The van der Waals surface area contributed by atoms with E-state index in [1.54, 1.807) is 24.1 Å². The number of carbonyl (C=O) groups excluding carboxylic acids is 1. The van der Waals surface area contributed by atoms with Gasteiger partial charge in [-0.25, -0.2) is 0 Å². The maximum Gasteiger partial charge on any atom is 0.233 e. The summed E-state index contributed by atoms with van der Waals surface area (Å²) in [5, 5.41) is 16.6. The highest BCUT2D eigenvalue weighted by Crippen LogP contribution is 2.01. The van der Waals surface area contributed by atoms with Crippen molar-refractivity contribution in [3.63, 3.8) is 0 Å². The molecule has 1 heterocycles. The van der Waals surface area contributed by atoms with E-state index in [1.807, 2.05) is 11.8 Å². The van der Waals surface area contributed by atoms with Gasteiger partial charge in [0.2, 0.25) is 5.91 Å². The molecule has 0 saturated carbocycles. The Hall–Kier alpha value is -1.60. The Balaban J connectivity index is 2.45. The average Bonchev–Trinajstić information content (AvgIpc) is 2.74. The molecule has 0 spiro atoms. The highest BCUT2D eigenvalue weighted by molar-refractivity contribution is 5.77. The summed E-state index contributed by atoms with van der Waals surface area (Å²) in [6, 6.07) is 0. The fourth-order valence-electron chi connectivity index (χ4n) is 1.88. The number of aliphatic hydroxyl groups excluding tert-OH is 1. The first-order valence-corrected chi connectivity index (χ1v) is 6.44. The summed E-state index contributed by atoms with van der Waals surface area (Å²) in [6.07, 6.45) is 3.56. The smallest absolute Gasteiger partial charge is 0.233 e. The molecule has 1 aromatic heterocycles. The molecule has 7 heteroatoms. The van der Waals surface area contributed by atoms with E-state index in [9.17, 15) is 9.90 Å². The first-order valence-electron chi connectivity index (χ1n) is 6.44. The van der Waals surface area contributed by atoms with Crippen LogP contribution in [0, 0.1) is 0 Å². The summed E-state index contributed by atoms with van der Waals surface area (Å²) in [6.45, 7) is 3.90. The van der Waals surface area contributed by atoms with Crippen LogP contribution in [-0.2, 0) is 11.3 Å². The van der Waals surface area contributed by atoms with Gasteiger partial charge in [0.1, 0.15) is 0 Å². The maximum absolute atomic E-state index is 11.4. The number of nitrogens with two attached hydrogens (primary N) is 1. The number of amides is 1. The van der Waals surface area contributed by atoms with E-state index >= 15 is 0 Å². The Kier molecular flexibility index (Phi) is 6.31. The molecule has 1 aromatic rings. The number of nitrogen functional groups attached to an aromatic ring is 1. The maximum atomic E-state index is 11.4. The zero-order valence-electron chi connectivity index (χ0n) is 11.5. The van der Waals surface area contributed by atoms with Crippen LogP contribution in [0.2, 0.25) is 0 Å². The summed E-state index contributed by atoms with van der Waals surface area (Å²) in [7, 11) is 1.61. The summed E-state index contributed by atoms with van der Waals surface area (Å²) in [5.74, 6) is -0.0519. The lowest BCUT2D eigenvalue weighted by Crippen LogP contribution is -2.41. The molecule has 4 N–H and O–H groups in total. The fourth-order valence-corrected chi connectivity index (χ4v) is 1.88. The molecule has 1 rings (SSSR count). The molecule has 0 aliphatic carbocycles. The van der Waals surface area contributed by atoms with Crippen LogP contribution in [0.25, 0.3) is 0 Å². The number of likely N-dealkylation sites (N-methyl/N-ethyl adjacent to an activating group) is 1. The summed E-state index contributed by atoms with van der Waals surface area (Å²) >= 11 is 0. The Morgan fingerprint density at radius 2 is 2.42 bits per heavy atom. The van der Waals surface area contributed by atoms with E-state index < -0.39 is 6.10 Å². The fraction of sp³-hybridized carbons (Fsp3) is 0.667. The van der Waals surface area contributed by atoms with Gasteiger partial charge in [-0.05, 0) is 13.0 Å². The van der Waals surface area contributed by atoms with Crippen LogP contribution in [0.3, 0.4) is 0 Å². The number of nitrogens with zero attached hydrogens (tertiary/aromatic N) is 3. The van der Waals surface area contributed by atoms with Gasteiger partial charge in [-0.1, -0.05) is 6.92 Å². The van der Waals surface area contributed by atoms with E-state index in [1.165, 1.54) is 0 Å². The van der Waals surface area contributed by atoms with Crippen molar-refractivity contribution in [2.24, 2.45) is 0 Å². The number of aromatic nitrogens is 2. The summed E-state index contributed by atoms with van der Waals surface area (Å²) < 4.78 is 1.60. The Labute approximate surface area is 113 Å². The quantitative estimate of drug-likeness (QED) is 0.579. The average molecular weight is 269 g/mol. The lowest BCUT2D eigenvalue weighted by atomic mass is 10.3. The molecule has 0 aliphatic heterocycles. The first-order chi connectivity index (χ1) is 9.05. The summed E-state index contributed by atoms with van der Waals surface area (Å²) in [4.78, 5) is 13.3. The highest BCUT2D eigenvalue weighted by atomic mass is 16.3. The minimum atomic E-state index is -0.587. The lowest BCUT2D eigenvalue weighted by molar-refractivity contribution is -0.122. The molecule has 0 fully saturated rings. The second kappa shape index (κ2) is 7.75. The van der Waals surface area contributed by atoms with Crippen molar-refractivity contribution >= 4 is 11.6 Å². The second-order valence-corrected chi connectivity index (χ2v) is 4.56. The zero-order valence-corrected chi connectivity index (χ0v) is 11.5. The molecule has 0 radical (unpaired) electrons. The largest absolute Gasteiger partial charge is 0.396 e. The van der Waals surface area contributed by atoms with Gasteiger partial charge in [0.25, 0.3) is 0 Å². The number of hydrogen-bond donors (Lipinski definition) is 3. The number of anilines is 1. The number of carbonyl (C=O) groups is 1. The number of hydrogen-bond acceptors (Lipinski definition) is 5. The number of nitrogens with one attached hydrogen (secondary N) is 1. The monoisotopic (exact) mass is 269 g/mol. The van der Waals surface area contributed by atoms with Crippen LogP contribution >= 0.6 is 0 Å². The van der Waals surface area contributed by atoms with Gasteiger partial charge >= 0.3 is 0 Å². The van der Waals surface area contributed by atoms with Gasteiger partial charge < -0.3 is 16.2 Å². The SMILES string of the molecule is CCCN(CC(=O)NC)CC(O)Cn1cc(N)cn1. The zero-order chi connectivity index (χ0) is 14.3. The highest BCUT2D eigenvalue weighted by Gasteiger charge is 2.14. The minimum absolute atomic E-state index is 0.0519. The predicted octanol–water partition coefficient (Wildman–Crippen LogP) is -0.716. The topological polar surface area (TPSA) is 96.4 Å². The summed E-state index contributed by atoms with van der Waals surface area (Å²) in [5.41, 5.74) is 6.13. The molecule has 108 valence electrons.